The lowest BCUT2D eigenvalue weighted by Crippen LogP contribution is -2.55. The molecule has 0 saturated carbocycles. The quantitative estimate of drug-likeness (QED) is 0.447. The first kappa shape index (κ1) is 13.9. The minimum atomic E-state index is -1.40. The van der Waals surface area contributed by atoms with Gasteiger partial charge in [0.1, 0.15) is 0 Å². The maximum Gasteiger partial charge on any atom is 0.331 e. The summed E-state index contributed by atoms with van der Waals surface area (Å²) in [6.45, 7) is 3.58. The fourth-order valence-electron chi connectivity index (χ4n) is 1.49. The van der Waals surface area contributed by atoms with E-state index in [1.54, 1.807) is 0 Å². The smallest absolute Gasteiger partial charge is 0.331 e. The van der Waals surface area contributed by atoms with E-state index in [-0.39, 0.29) is 25.2 Å². The molecule has 0 aromatic heterocycles. The number of carboxylic acids is 1. The molecule has 1 rings (SSSR count). The number of carbonyl (C=O) groups excluding carboxylic acids is 1. The number of nitrogens with one attached hydrogen (secondary N) is 1. The van der Waals surface area contributed by atoms with Gasteiger partial charge in [-0.2, -0.15) is 0 Å². The monoisotopic (exact) mass is 253 g/mol. The Labute approximate surface area is 104 Å². The number of rotatable bonds is 5. The molecule has 18 heavy (non-hydrogen) atoms. The lowest BCUT2D eigenvalue weighted by Gasteiger charge is -2.23. The van der Waals surface area contributed by atoms with Gasteiger partial charge in [0.15, 0.2) is 5.54 Å². The number of aliphatic imine (C=N–C) groups is 1. The average Bonchev–Trinajstić information content (AvgIpc) is 2.80. The van der Waals surface area contributed by atoms with Gasteiger partial charge < -0.3 is 20.9 Å². The van der Waals surface area contributed by atoms with Gasteiger partial charge in [0.2, 0.25) is 0 Å². The molecule has 1 saturated heterocycles. The van der Waals surface area contributed by atoms with Gasteiger partial charge in [-0.05, 0) is 0 Å². The van der Waals surface area contributed by atoms with Crippen LogP contribution in [0.4, 0.5) is 0 Å². The van der Waals surface area contributed by atoms with E-state index >= 15 is 0 Å². The van der Waals surface area contributed by atoms with Crippen LogP contribution in [0.15, 0.2) is 29.5 Å². The highest BCUT2D eigenvalue weighted by Gasteiger charge is 2.44. The molecule has 1 atom stereocenters. The number of amides is 1. The Hall–Kier alpha value is -2.15. The van der Waals surface area contributed by atoms with Crippen molar-refractivity contribution in [2.75, 3.05) is 13.2 Å². The van der Waals surface area contributed by atoms with E-state index in [0.717, 1.165) is 6.20 Å². The molecule has 4 N–H and O–H groups in total. The summed E-state index contributed by atoms with van der Waals surface area (Å²) in [7, 11) is 0. The van der Waals surface area contributed by atoms with E-state index in [1.165, 1.54) is 12.4 Å². The van der Waals surface area contributed by atoms with Crippen LogP contribution in [0.2, 0.25) is 0 Å². The Kier molecular flexibility index (Phi) is 4.61. The predicted octanol–water partition coefficient (Wildman–Crippen LogP) is -0.597. The molecule has 0 aromatic rings. The van der Waals surface area contributed by atoms with Gasteiger partial charge in [-0.1, -0.05) is 6.58 Å². The van der Waals surface area contributed by atoms with Gasteiger partial charge in [-0.15, -0.1) is 0 Å². The number of ether oxygens (including phenoxy) is 1. The molecule has 0 radical (unpaired) electrons. The maximum absolute atomic E-state index is 11.8. The standard InChI is InChI=1S/C11H15N3O4/c1-2-13-6-8(5-12)9(15)14-11(10(16)17)3-4-18-7-11/h2,5-6H,1,3-4,7,12H2,(H,14,15)(H,16,17)/b8-5+,13-6?/t11-/m0/s1. The summed E-state index contributed by atoms with van der Waals surface area (Å²) < 4.78 is 5.02. The van der Waals surface area contributed by atoms with Crippen molar-refractivity contribution < 1.29 is 19.4 Å². The number of carboxylic acid groups (broad SMARTS) is 1. The molecular formula is C11H15N3O4. The van der Waals surface area contributed by atoms with E-state index in [9.17, 15) is 9.59 Å². The third-order valence-corrected chi connectivity index (χ3v) is 2.54. The summed E-state index contributed by atoms with van der Waals surface area (Å²) in [5.74, 6) is -1.75. The second-order valence-electron chi connectivity index (χ2n) is 3.73. The second-order valence-corrected chi connectivity index (χ2v) is 3.73. The average molecular weight is 253 g/mol. The zero-order chi connectivity index (χ0) is 13.6. The number of nitrogens with two attached hydrogens (primary N) is 1. The van der Waals surface area contributed by atoms with Crippen LogP contribution < -0.4 is 11.1 Å². The molecule has 7 heteroatoms. The molecule has 0 aromatic carbocycles. The Morgan fingerprint density at radius 3 is 2.72 bits per heavy atom. The fourth-order valence-corrected chi connectivity index (χ4v) is 1.49. The Morgan fingerprint density at radius 1 is 1.56 bits per heavy atom. The van der Waals surface area contributed by atoms with Crippen molar-refractivity contribution in [1.82, 2.24) is 5.32 Å². The number of aliphatic carboxylic acids is 1. The van der Waals surface area contributed by atoms with Gasteiger partial charge in [0, 0.05) is 31.6 Å². The van der Waals surface area contributed by atoms with Crippen molar-refractivity contribution in [3.63, 3.8) is 0 Å². The minimum Gasteiger partial charge on any atom is -0.479 e. The van der Waals surface area contributed by atoms with Crippen molar-refractivity contribution in [2.24, 2.45) is 10.7 Å². The molecule has 1 aliphatic rings. The van der Waals surface area contributed by atoms with Crippen LogP contribution in [0.25, 0.3) is 0 Å². The molecule has 98 valence electrons. The highest BCUT2D eigenvalue weighted by atomic mass is 16.5. The summed E-state index contributed by atoms with van der Waals surface area (Å²) in [5, 5.41) is 11.6. The third-order valence-electron chi connectivity index (χ3n) is 2.54. The van der Waals surface area contributed by atoms with Crippen molar-refractivity contribution in [3.8, 4) is 0 Å². The first-order chi connectivity index (χ1) is 8.55. The molecule has 1 heterocycles. The summed E-state index contributed by atoms with van der Waals surface area (Å²) in [4.78, 5) is 26.7. The first-order valence-electron chi connectivity index (χ1n) is 5.25. The number of carbonyl (C=O) groups is 2. The van der Waals surface area contributed by atoms with Crippen LogP contribution >= 0.6 is 0 Å². The topological polar surface area (TPSA) is 114 Å². The van der Waals surface area contributed by atoms with E-state index in [2.05, 4.69) is 16.9 Å². The summed E-state index contributed by atoms with van der Waals surface area (Å²) in [6.07, 6.45) is 3.70. The SMILES string of the molecule is C=CN=C/C(=C\N)C(=O)N[C@@]1(C(=O)O)CCOC1. The van der Waals surface area contributed by atoms with Crippen LogP contribution in [-0.4, -0.2) is 42.0 Å². The Morgan fingerprint density at radius 2 is 2.28 bits per heavy atom. The van der Waals surface area contributed by atoms with Gasteiger partial charge >= 0.3 is 5.97 Å². The number of hydrogen-bond donors (Lipinski definition) is 3. The van der Waals surface area contributed by atoms with Gasteiger partial charge in [0.05, 0.1) is 12.2 Å². The fraction of sp³-hybridized carbons (Fsp3) is 0.364. The van der Waals surface area contributed by atoms with E-state index in [0.29, 0.717) is 0 Å². The number of nitrogens with zero attached hydrogens (tertiary/aromatic N) is 1. The second kappa shape index (κ2) is 5.97. The molecule has 0 aliphatic carbocycles. The predicted molar refractivity (Wildman–Crippen MR) is 64.9 cm³/mol. The molecule has 1 fully saturated rings. The summed E-state index contributed by atoms with van der Waals surface area (Å²) >= 11 is 0. The highest BCUT2D eigenvalue weighted by Crippen LogP contribution is 2.19. The van der Waals surface area contributed by atoms with Gasteiger partial charge in [-0.3, -0.25) is 9.79 Å². The normalized spacial score (nSPS) is 24.1. The molecule has 1 amide bonds. The van der Waals surface area contributed by atoms with Crippen molar-refractivity contribution in [1.29, 1.82) is 0 Å². The minimum absolute atomic E-state index is 0.0578. The number of hydrogen-bond acceptors (Lipinski definition) is 5. The van der Waals surface area contributed by atoms with Gasteiger partial charge in [0.25, 0.3) is 5.91 Å². The molecule has 7 nitrogen and oxygen atoms in total. The van der Waals surface area contributed by atoms with Crippen LogP contribution in [0, 0.1) is 0 Å². The lowest BCUT2D eigenvalue weighted by atomic mass is 9.98. The molecule has 1 aliphatic heterocycles. The van der Waals surface area contributed by atoms with Crippen molar-refractivity contribution in [2.45, 2.75) is 12.0 Å². The molecule has 0 spiro atoms. The Bertz CT molecular complexity index is 409. The van der Waals surface area contributed by atoms with E-state index in [4.69, 9.17) is 15.6 Å². The van der Waals surface area contributed by atoms with E-state index < -0.39 is 17.4 Å². The molecule has 0 unspecified atom stereocenters. The highest BCUT2D eigenvalue weighted by molar-refractivity contribution is 6.13. The van der Waals surface area contributed by atoms with Crippen molar-refractivity contribution in [3.05, 3.63) is 24.6 Å². The van der Waals surface area contributed by atoms with Crippen LogP contribution in [0.3, 0.4) is 0 Å². The van der Waals surface area contributed by atoms with Crippen LogP contribution in [-0.2, 0) is 14.3 Å². The largest absolute Gasteiger partial charge is 0.479 e. The molecular weight excluding hydrogens is 238 g/mol. The van der Waals surface area contributed by atoms with E-state index in [1.807, 2.05) is 0 Å². The third kappa shape index (κ3) is 2.95. The van der Waals surface area contributed by atoms with Crippen LogP contribution in [0.5, 0.6) is 0 Å². The van der Waals surface area contributed by atoms with Crippen molar-refractivity contribution >= 4 is 18.1 Å². The Balaban J connectivity index is 2.82. The summed E-state index contributed by atoms with van der Waals surface area (Å²) in [5.41, 5.74) is 3.94. The van der Waals surface area contributed by atoms with Crippen LogP contribution in [0.1, 0.15) is 6.42 Å². The maximum atomic E-state index is 11.8. The zero-order valence-electron chi connectivity index (χ0n) is 9.76. The molecule has 0 bridgehead atoms. The zero-order valence-corrected chi connectivity index (χ0v) is 9.76. The van der Waals surface area contributed by atoms with Gasteiger partial charge in [-0.25, -0.2) is 4.79 Å². The first-order valence-corrected chi connectivity index (χ1v) is 5.25. The summed E-state index contributed by atoms with van der Waals surface area (Å²) in [6, 6.07) is 0. The lowest BCUT2D eigenvalue weighted by molar-refractivity contribution is -0.147.